The van der Waals surface area contributed by atoms with Gasteiger partial charge in [0.2, 0.25) is 5.91 Å². The van der Waals surface area contributed by atoms with Crippen molar-refractivity contribution >= 4 is 16.1 Å². The van der Waals surface area contributed by atoms with E-state index < -0.39 is 10.2 Å². The lowest BCUT2D eigenvalue weighted by Crippen LogP contribution is -2.51. The van der Waals surface area contributed by atoms with Gasteiger partial charge < -0.3 is 10.2 Å². The molecule has 0 radical (unpaired) electrons. The van der Waals surface area contributed by atoms with E-state index in [2.05, 4.69) is 5.32 Å². The van der Waals surface area contributed by atoms with Gasteiger partial charge in [0, 0.05) is 46.3 Å². The summed E-state index contributed by atoms with van der Waals surface area (Å²) in [5.74, 6) is -0.139. The van der Waals surface area contributed by atoms with Gasteiger partial charge in [0.05, 0.1) is 6.54 Å². The fraction of sp³-hybridized carbons (Fsp3) is 0.909. The summed E-state index contributed by atoms with van der Waals surface area (Å²) in [5, 5.41) is 3.16. The van der Waals surface area contributed by atoms with Crippen LogP contribution in [0.4, 0.5) is 0 Å². The molecule has 8 heteroatoms. The Morgan fingerprint density at radius 3 is 2.21 bits per heavy atom. The Morgan fingerprint density at radius 2 is 1.74 bits per heavy atom. The Hall–Kier alpha value is -0.700. The quantitative estimate of drug-likeness (QED) is 0.677. The van der Waals surface area contributed by atoms with Crippen LogP contribution in [0.3, 0.4) is 0 Å². The van der Waals surface area contributed by atoms with Gasteiger partial charge in [0.1, 0.15) is 0 Å². The number of nitrogens with zero attached hydrogens (tertiary/aromatic N) is 3. The number of nitrogens with one attached hydrogen (secondary N) is 1. The molecule has 1 saturated heterocycles. The molecule has 112 valence electrons. The molecule has 19 heavy (non-hydrogen) atoms. The van der Waals surface area contributed by atoms with Crippen molar-refractivity contribution in [3.8, 4) is 0 Å². The first-order chi connectivity index (χ1) is 8.93. The maximum absolute atomic E-state index is 12.2. The smallest absolute Gasteiger partial charge is 0.282 e. The van der Waals surface area contributed by atoms with Gasteiger partial charge in [-0.3, -0.25) is 4.79 Å². The molecule has 0 unspecified atom stereocenters. The third-order valence-electron chi connectivity index (χ3n) is 3.25. The van der Waals surface area contributed by atoms with Gasteiger partial charge in [-0.2, -0.15) is 17.0 Å². The Morgan fingerprint density at radius 1 is 1.21 bits per heavy atom. The second kappa shape index (κ2) is 7.18. The topological polar surface area (TPSA) is 73.0 Å². The summed E-state index contributed by atoms with van der Waals surface area (Å²) in [5.41, 5.74) is 0. The van der Waals surface area contributed by atoms with Crippen molar-refractivity contribution < 1.29 is 13.2 Å². The zero-order valence-corrected chi connectivity index (χ0v) is 12.7. The number of carbonyl (C=O) groups is 1. The van der Waals surface area contributed by atoms with Crippen LogP contribution in [0.25, 0.3) is 0 Å². The maximum Gasteiger partial charge on any atom is 0.282 e. The zero-order chi connectivity index (χ0) is 14.5. The van der Waals surface area contributed by atoms with Crippen molar-refractivity contribution in [3.63, 3.8) is 0 Å². The highest BCUT2D eigenvalue weighted by Gasteiger charge is 2.27. The Balaban J connectivity index is 2.62. The van der Waals surface area contributed by atoms with Crippen molar-refractivity contribution in [3.05, 3.63) is 0 Å². The molecule has 7 nitrogen and oxygen atoms in total. The van der Waals surface area contributed by atoms with E-state index in [0.29, 0.717) is 26.2 Å². The number of hydrogen-bond donors (Lipinski definition) is 1. The van der Waals surface area contributed by atoms with Crippen LogP contribution in [-0.2, 0) is 15.0 Å². The molecule has 1 rings (SSSR count). The molecule has 0 aromatic heterocycles. The lowest BCUT2D eigenvalue weighted by molar-refractivity contribution is -0.131. The fourth-order valence-corrected chi connectivity index (χ4v) is 3.35. The predicted molar refractivity (Wildman–Crippen MR) is 73.9 cm³/mol. The minimum absolute atomic E-state index is 0.0984. The van der Waals surface area contributed by atoms with E-state index in [1.807, 2.05) is 0 Å². The number of amides is 1. The molecule has 0 aliphatic carbocycles. The van der Waals surface area contributed by atoms with Gasteiger partial charge in [0.15, 0.2) is 0 Å². The number of hydrogen-bond acceptors (Lipinski definition) is 4. The molecule has 1 amide bonds. The highest BCUT2D eigenvalue weighted by atomic mass is 32.2. The summed E-state index contributed by atoms with van der Waals surface area (Å²) >= 11 is 0. The molecule has 0 aromatic rings. The number of likely N-dealkylation sites (N-methyl/N-ethyl adjacent to an activating group) is 1. The molecule has 1 fully saturated rings. The lowest BCUT2D eigenvalue weighted by atomic mass is 10.3. The third kappa shape index (κ3) is 4.13. The predicted octanol–water partition coefficient (Wildman–Crippen LogP) is -1.06. The van der Waals surface area contributed by atoms with Gasteiger partial charge >= 0.3 is 0 Å². The van der Waals surface area contributed by atoms with E-state index in [1.165, 1.54) is 11.4 Å². The lowest BCUT2D eigenvalue weighted by Gasteiger charge is -2.30. The van der Waals surface area contributed by atoms with Crippen molar-refractivity contribution in [2.45, 2.75) is 13.8 Å². The van der Waals surface area contributed by atoms with E-state index in [4.69, 9.17) is 0 Å². The molecule has 0 bridgehead atoms. The second-order valence-corrected chi connectivity index (χ2v) is 6.51. The number of piperazine rings is 1. The highest BCUT2D eigenvalue weighted by molar-refractivity contribution is 7.86. The first-order valence-electron chi connectivity index (χ1n) is 6.63. The van der Waals surface area contributed by atoms with Crippen LogP contribution in [0, 0.1) is 0 Å². The van der Waals surface area contributed by atoms with Gasteiger partial charge in [-0.05, 0) is 0 Å². The summed E-state index contributed by atoms with van der Waals surface area (Å²) in [7, 11) is -2.08. The molecule has 0 spiro atoms. The average molecular weight is 292 g/mol. The highest BCUT2D eigenvalue weighted by Crippen LogP contribution is 2.06. The largest absolute Gasteiger partial charge is 0.339 e. The van der Waals surface area contributed by atoms with Gasteiger partial charge in [0.25, 0.3) is 10.2 Å². The van der Waals surface area contributed by atoms with Crippen molar-refractivity contribution in [1.29, 1.82) is 0 Å². The maximum atomic E-state index is 12.2. The van der Waals surface area contributed by atoms with Gasteiger partial charge in [-0.25, -0.2) is 0 Å². The minimum atomic E-state index is -3.53. The summed E-state index contributed by atoms with van der Waals surface area (Å²) in [6.45, 7) is 7.08. The molecule has 0 saturated carbocycles. The minimum Gasteiger partial charge on any atom is -0.339 e. The van der Waals surface area contributed by atoms with Crippen LogP contribution < -0.4 is 5.32 Å². The standard InChI is InChI=1S/C11H24N4O3S/c1-4-15(5-2)19(17,18)13(3)10-11(16)14-8-6-12-7-9-14/h12H,4-10H2,1-3H3. The van der Waals surface area contributed by atoms with E-state index in [9.17, 15) is 13.2 Å². The summed E-state index contributed by atoms with van der Waals surface area (Å²) in [6.07, 6.45) is 0. The number of carbonyl (C=O) groups excluding carboxylic acids is 1. The van der Waals surface area contributed by atoms with Crippen molar-refractivity contribution in [2.24, 2.45) is 0 Å². The van der Waals surface area contributed by atoms with E-state index >= 15 is 0 Å². The molecule has 0 atom stereocenters. The van der Waals surface area contributed by atoms with E-state index in [-0.39, 0.29) is 12.5 Å². The second-order valence-electron chi connectivity index (χ2n) is 4.48. The fourth-order valence-electron chi connectivity index (χ4n) is 2.03. The first kappa shape index (κ1) is 16.4. The van der Waals surface area contributed by atoms with Crippen LogP contribution in [0.15, 0.2) is 0 Å². The third-order valence-corrected chi connectivity index (χ3v) is 5.34. The van der Waals surface area contributed by atoms with Crippen LogP contribution in [0.2, 0.25) is 0 Å². The molecule has 1 aliphatic heterocycles. The summed E-state index contributed by atoms with van der Waals surface area (Å²) in [4.78, 5) is 13.7. The molecular formula is C11H24N4O3S. The summed E-state index contributed by atoms with van der Waals surface area (Å²) < 4.78 is 26.8. The van der Waals surface area contributed by atoms with E-state index in [0.717, 1.165) is 17.4 Å². The Labute approximate surface area is 115 Å². The van der Waals surface area contributed by atoms with Crippen LogP contribution >= 0.6 is 0 Å². The van der Waals surface area contributed by atoms with Crippen LogP contribution in [0.1, 0.15) is 13.8 Å². The van der Waals surface area contributed by atoms with Crippen molar-refractivity contribution in [1.82, 2.24) is 18.8 Å². The Kier molecular flexibility index (Phi) is 6.18. The van der Waals surface area contributed by atoms with Crippen LogP contribution in [0.5, 0.6) is 0 Å². The summed E-state index contributed by atoms with van der Waals surface area (Å²) in [6, 6.07) is 0. The van der Waals surface area contributed by atoms with Crippen molar-refractivity contribution in [2.75, 3.05) is 52.9 Å². The monoisotopic (exact) mass is 292 g/mol. The molecular weight excluding hydrogens is 268 g/mol. The van der Waals surface area contributed by atoms with Crippen LogP contribution in [-0.4, -0.2) is 80.7 Å². The SMILES string of the molecule is CCN(CC)S(=O)(=O)N(C)CC(=O)N1CCNCC1. The van der Waals surface area contributed by atoms with Gasteiger partial charge in [-0.15, -0.1) is 0 Å². The molecule has 0 aromatic carbocycles. The molecule has 1 N–H and O–H groups in total. The first-order valence-corrected chi connectivity index (χ1v) is 8.03. The average Bonchev–Trinajstić information content (AvgIpc) is 2.40. The Bertz CT molecular complexity index is 389. The molecule has 1 aliphatic rings. The molecule has 1 heterocycles. The normalized spacial score (nSPS) is 17.2. The number of rotatable bonds is 6. The van der Waals surface area contributed by atoms with E-state index in [1.54, 1.807) is 18.7 Å². The van der Waals surface area contributed by atoms with Gasteiger partial charge in [-0.1, -0.05) is 13.8 Å². The zero-order valence-electron chi connectivity index (χ0n) is 11.9.